The monoisotopic (exact) mass is 345 g/mol. The SMILES string of the molecule is CC(C)(C)C(=O)OC1CC(O)(c2ncc(Br)cc2F)C1. The van der Waals surface area contributed by atoms with Crippen molar-refractivity contribution in [1.29, 1.82) is 0 Å². The highest BCUT2D eigenvalue weighted by molar-refractivity contribution is 9.10. The van der Waals surface area contributed by atoms with Crippen LogP contribution in [0.15, 0.2) is 16.7 Å². The van der Waals surface area contributed by atoms with Crippen LogP contribution in [-0.4, -0.2) is 22.2 Å². The second kappa shape index (κ2) is 5.07. The average Bonchev–Trinajstić information content (AvgIpc) is 2.24. The summed E-state index contributed by atoms with van der Waals surface area (Å²) in [4.78, 5) is 15.6. The molecule has 2 rings (SSSR count). The number of ether oxygens (including phenoxy) is 1. The van der Waals surface area contributed by atoms with E-state index in [-0.39, 0.29) is 24.5 Å². The summed E-state index contributed by atoms with van der Waals surface area (Å²) in [6.45, 7) is 5.28. The van der Waals surface area contributed by atoms with Crippen LogP contribution in [0.2, 0.25) is 0 Å². The van der Waals surface area contributed by atoms with E-state index < -0.39 is 22.9 Å². The summed E-state index contributed by atoms with van der Waals surface area (Å²) in [5, 5.41) is 10.3. The molecule has 1 N–H and O–H groups in total. The van der Waals surface area contributed by atoms with Gasteiger partial charge in [0.2, 0.25) is 0 Å². The van der Waals surface area contributed by atoms with E-state index in [2.05, 4.69) is 20.9 Å². The summed E-state index contributed by atoms with van der Waals surface area (Å²) in [5.74, 6) is -0.892. The van der Waals surface area contributed by atoms with Gasteiger partial charge in [0.1, 0.15) is 23.2 Å². The van der Waals surface area contributed by atoms with E-state index in [0.717, 1.165) is 0 Å². The lowest BCUT2D eigenvalue weighted by Crippen LogP contribution is -2.48. The molecule has 0 amide bonds. The Balaban J connectivity index is 2.02. The van der Waals surface area contributed by atoms with Gasteiger partial charge in [0.05, 0.1) is 5.41 Å². The van der Waals surface area contributed by atoms with Crippen molar-refractivity contribution in [3.05, 3.63) is 28.2 Å². The molecule has 0 bridgehead atoms. The van der Waals surface area contributed by atoms with Crippen molar-refractivity contribution >= 4 is 21.9 Å². The fourth-order valence-corrected chi connectivity index (χ4v) is 2.36. The minimum atomic E-state index is -1.35. The van der Waals surface area contributed by atoms with Gasteiger partial charge in [-0.05, 0) is 42.8 Å². The predicted molar refractivity (Wildman–Crippen MR) is 74.4 cm³/mol. The number of pyridine rings is 1. The Labute approximate surface area is 125 Å². The zero-order chi connectivity index (χ0) is 15.1. The van der Waals surface area contributed by atoms with Crippen LogP contribution >= 0.6 is 15.9 Å². The van der Waals surface area contributed by atoms with E-state index in [9.17, 15) is 14.3 Å². The third-order valence-corrected chi connectivity index (χ3v) is 3.70. The molecular formula is C14H17BrFNO3. The first-order valence-electron chi connectivity index (χ1n) is 6.37. The molecule has 0 unspecified atom stereocenters. The van der Waals surface area contributed by atoms with Gasteiger partial charge < -0.3 is 9.84 Å². The van der Waals surface area contributed by atoms with Crippen LogP contribution in [0.1, 0.15) is 39.3 Å². The van der Waals surface area contributed by atoms with Gasteiger partial charge in [0.15, 0.2) is 0 Å². The number of nitrogens with zero attached hydrogens (tertiary/aromatic N) is 1. The van der Waals surface area contributed by atoms with Gasteiger partial charge in [0, 0.05) is 23.5 Å². The molecule has 110 valence electrons. The van der Waals surface area contributed by atoms with Gasteiger partial charge in [0.25, 0.3) is 0 Å². The minimum Gasteiger partial charge on any atom is -0.462 e. The van der Waals surface area contributed by atoms with E-state index >= 15 is 0 Å². The lowest BCUT2D eigenvalue weighted by Gasteiger charge is -2.43. The summed E-state index contributed by atoms with van der Waals surface area (Å²) >= 11 is 3.12. The van der Waals surface area contributed by atoms with Crippen LogP contribution < -0.4 is 0 Å². The molecule has 1 saturated carbocycles. The van der Waals surface area contributed by atoms with Crippen molar-refractivity contribution < 1.29 is 19.0 Å². The molecule has 0 atom stereocenters. The lowest BCUT2D eigenvalue weighted by molar-refractivity contribution is -0.184. The van der Waals surface area contributed by atoms with Gasteiger partial charge in [-0.2, -0.15) is 0 Å². The van der Waals surface area contributed by atoms with Crippen molar-refractivity contribution in [3.8, 4) is 0 Å². The van der Waals surface area contributed by atoms with E-state index in [1.807, 2.05) is 0 Å². The molecule has 20 heavy (non-hydrogen) atoms. The first-order valence-corrected chi connectivity index (χ1v) is 7.16. The van der Waals surface area contributed by atoms with Crippen molar-refractivity contribution in [1.82, 2.24) is 4.98 Å². The van der Waals surface area contributed by atoms with E-state index in [1.165, 1.54) is 12.3 Å². The first-order chi connectivity index (χ1) is 9.12. The fourth-order valence-electron chi connectivity index (χ4n) is 2.06. The summed E-state index contributed by atoms with van der Waals surface area (Å²) in [6.07, 6.45) is 1.38. The van der Waals surface area contributed by atoms with Crippen molar-refractivity contribution in [3.63, 3.8) is 0 Å². The minimum absolute atomic E-state index is 0.00348. The molecule has 0 spiro atoms. The smallest absolute Gasteiger partial charge is 0.311 e. The predicted octanol–water partition coefficient (Wildman–Crippen LogP) is 2.92. The van der Waals surface area contributed by atoms with E-state index in [0.29, 0.717) is 4.47 Å². The Morgan fingerprint density at radius 3 is 2.65 bits per heavy atom. The maximum atomic E-state index is 13.8. The first kappa shape index (κ1) is 15.4. The van der Waals surface area contributed by atoms with Gasteiger partial charge in [-0.3, -0.25) is 9.78 Å². The van der Waals surface area contributed by atoms with E-state index in [4.69, 9.17) is 4.74 Å². The van der Waals surface area contributed by atoms with Crippen LogP contribution in [-0.2, 0) is 15.1 Å². The highest BCUT2D eigenvalue weighted by Crippen LogP contribution is 2.43. The van der Waals surface area contributed by atoms with Gasteiger partial charge in [-0.1, -0.05) is 0 Å². The summed E-state index contributed by atoms with van der Waals surface area (Å²) in [5.41, 5.74) is -1.94. The molecule has 1 fully saturated rings. The molecule has 1 aromatic heterocycles. The van der Waals surface area contributed by atoms with Crippen molar-refractivity contribution in [2.75, 3.05) is 0 Å². The molecule has 0 radical (unpaired) electrons. The molecule has 1 heterocycles. The summed E-state index contributed by atoms with van der Waals surface area (Å²) < 4.78 is 19.6. The maximum Gasteiger partial charge on any atom is 0.311 e. The molecule has 0 saturated heterocycles. The number of esters is 1. The molecule has 0 aliphatic heterocycles. The van der Waals surface area contributed by atoms with Gasteiger partial charge in [-0.25, -0.2) is 4.39 Å². The number of rotatable bonds is 2. The van der Waals surface area contributed by atoms with Gasteiger partial charge in [-0.15, -0.1) is 0 Å². The maximum absolute atomic E-state index is 13.8. The van der Waals surface area contributed by atoms with Crippen LogP contribution in [0.5, 0.6) is 0 Å². The molecule has 1 aliphatic rings. The van der Waals surface area contributed by atoms with Crippen LogP contribution in [0.25, 0.3) is 0 Å². The van der Waals surface area contributed by atoms with Gasteiger partial charge >= 0.3 is 5.97 Å². The zero-order valence-electron chi connectivity index (χ0n) is 11.6. The second-order valence-corrected chi connectivity index (χ2v) is 7.12. The third-order valence-electron chi connectivity index (χ3n) is 3.27. The van der Waals surface area contributed by atoms with Crippen LogP contribution in [0.3, 0.4) is 0 Å². The summed E-state index contributed by atoms with van der Waals surface area (Å²) in [6, 6.07) is 1.26. The number of aliphatic hydroxyl groups is 1. The topological polar surface area (TPSA) is 59.4 Å². The standard InChI is InChI=1S/C14H17BrFNO3/c1-13(2,3)12(18)20-9-5-14(19,6-9)11-10(16)4-8(15)7-17-11/h4,7,9,19H,5-6H2,1-3H3. The number of carbonyl (C=O) groups excluding carboxylic acids is 1. The Bertz CT molecular complexity index is 536. The highest BCUT2D eigenvalue weighted by atomic mass is 79.9. The van der Waals surface area contributed by atoms with Crippen molar-refractivity contribution in [2.24, 2.45) is 5.41 Å². The average molecular weight is 346 g/mol. The van der Waals surface area contributed by atoms with Crippen LogP contribution in [0, 0.1) is 11.2 Å². The lowest BCUT2D eigenvalue weighted by atomic mass is 9.74. The quantitative estimate of drug-likeness (QED) is 0.837. The highest BCUT2D eigenvalue weighted by Gasteiger charge is 2.49. The Hall–Kier alpha value is -1.01. The summed E-state index contributed by atoms with van der Waals surface area (Å²) in [7, 11) is 0. The fraction of sp³-hybridized carbons (Fsp3) is 0.571. The molecular weight excluding hydrogens is 329 g/mol. The second-order valence-electron chi connectivity index (χ2n) is 6.20. The number of hydrogen-bond acceptors (Lipinski definition) is 4. The normalized spacial score (nSPS) is 26.0. The van der Waals surface area contributed by atoms with E-state index in [1.54, 1.807) is 20.8 Å². The molecule has 1 aliphatic carbocycles. The molecule has 6 heteroatoms. The molecule has 0 aromatic carbocycles. The molecule has 4 nitrogen and oxygen atoms in total. The third kappa shape index (κ3) is 3.01. The Morgan fingerprint density at radius 1 is 1.55 bits per heavy atom. The number of halogens is 2. The molecule has 1 aromatic rings. The Kier molecular flexibility index (Phi) is 3.90. The zero-order valence-corrected chi connectivity index (χ0v) is 13.2. The van der Waals surface area contributed by atoms with Crippen LogP contribution in [0.4, 0.5) is 4.39 Å². The van der Waals surface area contributed by atoms with Crippen molar-refractivity contribution in [2.45, 2.75) is 45.3 Å². The number of aromatic nitrogens is 1. The number of hydrogen-bond donors (Lipinski definition) is 1. The largest absolute Gasteiger partial charge is 0.462 e. The number of carbonyl (C=O) groups is 1. The Morgan fingerprint density at radius 2 is 2.15 bits per heavy atom.